The molecule has 0 radical (unpaired) electrons. The van der Waals surface area contributed by atoms with Crippen LogP contribution in [0.5, 0.6) is 0 Å². The third-order valence-electron chi connectivity index (χ3n) is 3.42. The lowest BCUT2D eigenvalue weighted by Gasteiger charge is -2.17. The van der Waals surface area contributed by atoms with Gasteiger partial charge in [0.2, 0.25) is 0 Å². The van der Waals surface area contributed by atoms with Crippen molar-refractivity contribution in [1.82, 2.24) is 5.32 Å². The van der Waals surface area contributed by atoms with Gasteiger partial charge in [0.25, 0.3) is 0 Å². The van der Waals surface area contributed by atoms with Gasteiger partial charge in [-0.15, -0.1) is 0 Å². The maximum absolute atomic E-state index is 12.6. The van der Waals surface area contributed by atoms with Crippen LogP contribution >= 0.6 is 0 Å². The van der Waals surface area contributed by atoms with Crippen LogP contribution < -0.4 is 5.32 Å². The Bertz CT molecular complexity index is 497. The summed E-state index contributed by atoms with van der Waals surface area (Å²) in [4.78, 5) is 24.2. The average Bonchev–Trinajstić information content (AvgIpc) is 2.46. The van der Waals surface area contributed by atoms with Crippen molar-refractivity contribution >= 4 is 11.8 Å². The highest BCUT2D eigenvalue weighted by molar-refractivity contribution is 6.02. The maximum atomic E-state index is 12.6. The summed E-state index contributed by atoms with van der Waals surface area (Å²) in [6.45, 7) is 8.80. The van der Waals surface area contributed by atoms with Gasteiger partial charge < -0.3 is 10.1 Å². The molecule has 0 fully saturated rings. The van der Waals surface area contributed by atoms with E-state index in [-0.39, 0.29) is 18.2 Å². The molecule has 1 atom stereocenters. The third kappa shape index (κ3) is 5.31. The fourth-order valence-electron chi connectivity index (χ4n) is 2.06. The van der Waals surface area contributed by atoms with Crippen molar-refractivity contribution in [3.63, 3.8) is 0 Å². The molecule has 116 valence electrons. The van der Waals surface area contributed by atoms with Crippen molar-refractivity contribution in [2.75, 3.05) is 13.2 Å². The van der Waals surface area contributed by atoms with Crippen LogP contribution in [0.25, 0.3) is 0 Å². The molecule has 4 nitrogen and oxygen atoms in total. The van der Waals surface area contributed by atoms with Crippen LogP contribution in [0, 0.1) is 13.8 Å². The Morgan fingerprint density at radius 1 is 1.19 bits per heavy atom. The Labute approximate surface area is 126 Å². The minimum Gasteiger partial charge on any atom is -0.466 e. The summed E-state index contributed by atoms with van der Waals surface area (Å²) in [7, 11) is 0. The standard InChI is InChI=1S/C17H25NO3/c1-5-9-18-15(11-16(19)21-6-2)17(20)14-8-7-12(3)13(4)10-14/h7-8,10,15,18H,5-6,9,11H2,1-4H3. The maximum Gasteiger partial charge on any atom is 0.307 e. The molecule has 0 aliphatic carbocycles. The van der Waals surface area contributed by atoms with Crippen LogP contribution in [-0.4, -0.2) is 30.9 Å². The molecule has 0 aromatic heterocycles. The van der Waals surface area contributed by atoms with E-state index in [2.05, 4.69) is 5.32 Å². The molecule has 0 saturated carbocycles. The van der Waals surface area contributed by atoms with Gasteiger partial charge in [0.15, 0.2) is 5.78 Å². The van der Waals surface area contributed by atoms with E-state index >= 15 is 0 Å². The van der Waals surface area contributed by atoms with Crippen molar-refractivity contribution in [1.29, 1.82) is 0 Å². The lowest BCUT2D eigenvalue weighted by Crippen LogP contribution is -2.39. The van der Waals surface area contributed by atoms with Gasteiger partial charge in [0.05, 0.1) is 19.1 Å². The van der Waals surface area contributed by atoms with Gasteiger partial charge in [0, 0.05) is 5.56 Å². The number of benzene rings is 1. The fraction of sp³-hybridized carbons (Fsp3) is 0.529. The molecule has 1 aromatic carbocycles. The van der Waals surface area contributed by atoms with E-state index < -0.39 is 6.04 Å². The molecule has 4 heteroatoms. The summed E-state index contributed by atoms with van der Waals surface area (Å²) in [5, 5.41) is 3.14. The second-order valence-corrected chi connectivity index (χ2v) is 5.18. The van der Waals surface area contributed by atoms with Crippen molar-refractivity contribution < 1.29 is 14.3 Å². The van der Waals surface area contributed by atoms with Crippen LogP contribution in [-0.2, 0) is 9.53 Å². The minimum atomic E-state index is -0.522. The Morgan fingerprint density at radius 3 is 2.48 bits per heavy atom. The van der Waals surface area contributed by atoms with Crippen molar-refractivity contribution in [2.45, 2.75) is 46.6 Å². The Balaban J connectivity index is 2.87. The van der Waals surface area contributed by atoms with Crippen molar-refractivity contribution in [3.8, 4) is 0 Å². The Kier molecular flexibility index (Phi) is 7.09. The summed E-state index contributed by atoms with van der Waals surface area (Å²) < 4.78 is 4.95. The van der Waals surface area contributed by atoms with Crippen LogP contribution in [0.3, 0.4) is 0 Å². The third-order valence-corrected chi connectivity index (χ3v) is 3.42. The number of esters is 1. The van der Waals surface area contributed by atoms with Gasteiger partial charge in [-0.05, 0) is 50.9 Å². The highest BCUT2D eigenvalue weighted by atomic mass is 16.5. The van der Waals surface area contributed by atoms with Crippen LogP contribution in [0.4, 0.5) is 0 Å². The van der Waals surface area contributed by atoms with Crippen LogP contribution in [0.2, 0.25) is 0 Å². The number of nitrogens with one attached hydrogen (secondary N) is 1. The van der Waals surface area contributed by atoms with Gasteiger partial charge in [-0.1, -0.05) is 19.1 Å². The molecule has 1 aromatic rings. The van der Waals surface area contributed by atoms with Crippen LogP contribution in [0.15, 0.2) is 18.2 Å². The zero-order chi connectivity index (χ0) is 15.8. The monoisotopic (exact) mass is 291 g/mol. The molecule has 1 unspecified atom stereocenters. The predicted octanol–water partition coefficient (Wildman–Crippen LogP) is 2.81. The van der Waals surface area contributed by atoms with Crippen molar-refractivity contribution in [2.24, 2.45) is 0 Å². The first kappa shape index (κ1) is 17.4. The Morgan fingerprint density at radius 2 is 1.90 bits per heavy atom. The van der Waals surface area contributed by atoms with E-state index in [1.54, 1.807) is 6.92 Å². The second-order valence-electron chi connectivity index (χ2n) is 5.18. The number of aryl methyl sites for hydroxylation is 2. The molecule has 0 bridgehead atoms. The number of carbonyl (C=O) groups is 2. The molecule has 0 spiro atoms. The van der Waals surface area contributed by atoms with Gasteiger partial charge >= 0.3 is 5.97 Å². The smallest absolute Gasteiger partial charge is 0.307 e. The van der Waals surface area contributed by atoms with E-state index in [0.717, 1.165) is 17.5 Å². The number of ketones is 1. The lowest BCUT2D eigenvalue weighted by molar-refractivity contribution is -0.143. The fourth-order valence-corrected chi connectivity index (χ4v) is 2.06. The zero-order valence-corrected chi connectivity index (χ0v) is 13.4. The number of ether oxygens (including phenoxy) is 1. The van der Waals surface area contributed by atoms with Crippen molar-refractivity contribution in [3.05, 3.63) is 34.9 Å². The van der Waals surface area contributed by atoms with E-state index in [9.17, 15) is 9.59 Å². The minimum absolute atomic E-state index is 0.0559. The first-order chi connectivity index (χ1) is 9.99. The second kappa shape index (κ2) is 8.57. The molecule has 0 aliphatic rings. The van der Waals surface area contributed by atoms with E-state index in [4.69, 9.17) is 4.74 Å². The molecular formula is C17H25NO3. The number of hydrogen-bond acceptors (Lipinski definition) is 4. The molecule has 0 heterocycles. The highest BCUT2D eigenvalue weighted by Gasteiger charge is 2.23. The number of Topliss-reactive ketones (excluding diaryl/α,β-unsaturated/α-hetero) is 1. The van der Waals surface area contributed by atoms with Crippen LogP contribution in [0.1, 0.15) is 48.2 Å². The summed E-state index contributed by atoms with van der Waals surface area (Å²) in [6, 6.07) is 5.11. The lowest BCUT2D eigenvalue weighted by atomic mass is 9.98. The van der Waals surface area contributed by atoms with E-state index in [1.165, 1.54) is 0 Å². The Hall–Kier alpha value is -1.68. The SMILES string of the molecule is CCCNC(CC(=O)OCC)C(=O)c1ccc(C)c(C)c1. The zero-order valence-electron chi connectivity index (χ0n) is 13.4. The largest absolute Gasteiger partial charge is 0.466 e. The molecule has 0 saturated heterocycles. The summed E-state index contributed by atoms with van der Waals surface area (Å²) >= 11 is 0. The highest BCUT2D eigenvalue weighted by Crippen LogP contribution is 2.13. The predicted molar refractivity (Wildman–Crippen MR) is 83.6 cm³/mol. The quantitative estimate of drug-likeness (QED) is 0.591. The number of rotatable bonds is 8. The molecule has 1 rings (SSSR count). The van der Waals surface area contributed by atoms with Gasteiger partial charge in [-0.3, -0.25) is 9.59 Å². The molecule has 0 aliphatic heterocycles. The topological polar surface area (TPSA) is 55.4 Å². The van der Waals surface area contributed by atoms with E-state index in [0.29, 0.717) is 18.7 Å². The summed E-state index contributed by atoms with van der Waals surface area (Å²) in [6.07, 6.45) is 0.971. The van der Waals surface area contributed by atoms with Gasteiger partial charge in [-0.2, -0.15) is 0 Å². The number of hydrogen-bond donors (Lipinski definition) is 1. The normalized spacial score (nSPS) is 12.0. The molecular weight excluding hydrogens is 266 g/mol. The van der Waals surface area contributed by atoms with E-state index in [1.807, 2.05) is 39.0 Å². The summed E-state index contributed by atoms with van der Waals surface area (Å²) in [5.74, 6) is -0.400. The molecule has 21 heavy (non-hydrogen) atoms. The number of carbonyl (C=O) groups excluding carboxylic acids is 2. The molecule has 1 N–H and O–H groups in total. The van der Waals surface area contributed by atoms with Gasteiger partial charge in [0.1, 0.15) is 0 Å². The average molecular weight is 291 g/mol. The summed E-state index contributed by atoms with van der Waals surface area (Å²) in [5.41, 5.74) is 2.86. The first-order valence-electron chi connectivity index (χ1n) is 7.50. The first-order valence-corrected chi connectivity index (χ1v) is 7.50. The molecule has 0 amide bonds. The van der Waals surface area contributed by atoms with Gasteiger partial charge in [-0.25, -0.2) is 0 Å².